The molecule has 1 heterocycles. The molecule has 1 aromatic carbocycles. The first-order valence-electron chi connectivity index (χ1n) is 5.60. The highest BCUT2D eigenvalue weighted by Crippen LogP contribution is 2.30. The average Bonchev–Trinajstić information content (AvgIpc) is 2.31. The van der Waals surface area contributed by atoms with Crippen LogP contribution in [0.3, 0.4) is 0 Å². The van der Waals surface area contributed by atoms with Gasteiger partial charge in [0.05, 0.1) is 6.61 Å². The molecule has 0 spiro atoms. The van der Waals surface area contributed by atoms with Gasteiger partial charge in [0.15, 0.2) is 0 Å². The van der Waals surface area contributed by atoms with E-state index in [-0.39, 0.29) is 5.75 Å². The number of aromatic hydroxyl groups is 1. The van der Waals surface area contributed by atoms with E-state index in [1.165, 1.54) is 0 Å². The van der Waals surface area contributed by atoms with Gasteiger partial charge in [0.2, 0.25) is 0 Å². The van der Waals surface area contributed by atoms with Crippen molar-refractivity contribution in [1.29, 1.82) is 0 Å². The van der Waals surface area contributed by atoms with Gasteiger partial charge in [-0.1, -0.05) is 0 Å². The summed E-state index contributed by atoms with van der Waals surface area (Å²) < 4.78 is 5.42. The van der Waals surface area contributed by atoms with Crippen LogP contribution in [0.1, 0.15) is 12.5 Å². The Hall–Kier alpha value is -2.03. The predicted octanol–water partition coefficient (Wildman–Crippen LogP) is 3.16. The monoisotopic (exact) mass is 229 g/mol. The summed E-state index contributed by atoms with van der Waals surface area (Å²) in [7, 11) is 0. The van der Waals surface area contributed by atoms with Crippen molar-refractivity contribution in [1.82, 2.24) is 4.98 Å². The highest BCUT2D eigenvalue weighted by atomic mass is 16.5. The number of aromatic nitrogens is 1. The molecule has 0 radical (unpaired) electrons. The summed E-state index contributed by atoms with van der Waals surface area (Å²) in [6.07, 6.45) is 1.67. The van der Waals surface area contributed by atoms with Crippen molar-refractivity contribution in [3.63, 3.8) is 0 Å². The molecule has 0 saturated heterocycles. The molecule has 2 aromatic rings. The predicted molar refractivity (Wildman–Crippen MR) is 67.2 cm³/mol. The molecule has 3 nitrogen and oxygen atoms in total. The number of hydrogen-bond acceptors (Lipinski definition) is 3. The van der Waals surface area contributed by atoms with Gasteiger partial charge in [-0.25, -0.2) is 0 Å². The molecule has 0 aliphatic carbocycles. The van der Waals surface area contributed by atoms with E-state index in [1.807, 2.05) is 32.0 Å². The van der Waals surface area contributed by atoms with Crippen LogP contribution in [0, 0.1) is 6.92 Å². The fraction of sp³-hybridized carbons (Fsp3) is 0.214. The van der Waals surface area contributed by atoms with Gasteiger partial charge in [-0.3, -0.25) is 4.98 Å². The molecule has 0 fully saturated rings. The van der Waals surface area contributed by atoms with E-state index < -0.39 is 0 Å². The van der Waals surface area contributed by atoms with Crippen molar-refractivity contribution in [2.45, 2.75) is 13.8 Å². The van der Waals surface area contributed by atoms with Crippen molar-refractivity contribution in [3.05, 3.63) is 42.1 Å². The van der Waals surface area contributed by atoms with Crippen LogP contribution in [0.25, 0.3) is 11.3 Å². The fourth-order valence-corrected chi connectivity index (χ4v) is 1.76. The summed E-state index contributed by atoms with van der Waals surface area (Å²) in [6, 6.07) is 9.11. The number of rotatable bonds is 3. The molecule has 17 heavy (non-hydrogen) atoms. The molecule has 0 amide bonds. The summed E-state index contributed by atoms with van der Waals surface area (Å²) in [5, 5.41) is 9.77. The number of pyridine rings is 1. The topological polar surface area (TPSA) is 42.4 Å². The van der Waals surface area contributed by atoms with Crippen LogP contribution in [0.4, 0.5) is 0 Å². The zero-order valence-electron chi connectivity index (χ0n) is 9.97. The largest absolute Gasteiger partial charge is 0.506 e. The Balaban J connectivity index is 2.44. The smallest absolute Gasteiger partial charge is 0.141 e. The molecule has 0 unspecified atom stereocenters. The van der Waals surface area contributed by atoms with Gasteiger partial charge >= 0.3 is 0 Å². The number of aryl methyl sites for hydroxylation is 1. The van der Waals surface area contributed by atoms with Gasteiger partial charge in [-0.15, -0.1) is 0 Å². The molecular weight excluding hydrogens is 214 g/mol. The number of ether oxygens (including phenoxy) is 1. The standard InChI is InChI=1S/C14H15NO2/c1-3-17-11-6-7-12(10(2)9-11)14-13(16)5-4-8-15-14/h4-9,16H,3H2,1-2H3. The lowest BCUT2D eigenvalue weighted by Gasteiger charge is -2.09. The second-order valence-electron chi connectivity index (χ2n) is 3.78. The third kappa shape index (κ3) is 2.38. The summed E-state index contributed by atoms with van der Waals surface area (Å²) in [5.41, 5.74) is 2.56. The Morgan fingerprint density at radius 3 is 2.76 bits per heavy atom. The van der Waals surface area contributed by atoms with Crippen LogP contribution in [0.2, 0.25) is 0 Å². The molecular formula is C14H15NO2. The maximum atomic E-state index is 9.77. The van der Waals surface area contributed by atoms with Gasteiger partial charge in [-0.05, 0) is 49.7 Å². The van der Waals surface area contributed by atoms with Crippen LogP contribution >= 0.6 is 0 Å². The van der Waals surface area contributed by atoms with Crippen molar-refractivity contribution < 1.29 is 9.84 Å². The molecule has 2 rings (SSSR count). The second kappa shape index (κ2) is 4.87. The minimum Gasteiger partial charge on any atom is -0.506 e. The summed E-state index contributed by atoms with van der Waals surface area (Å²) >= 11 is 0. The van der Waals surface area contributed by atoms with E-state index in [2.05, 4.69) is 4.98 Å². The summed E-state index contributed by atoms with van der Waals surface area (Å²) in [5.74, 6) is 1.03. The van der Waals surface area contributed by atoms with Gasteiger partial charge in [0, 0.05) is 11.8 Å². The van der Waals surface area contributed by atoms with E-state index in [9.17, 15) is 5.11 Å². The molecule has 1 N–H and O–H groups in total. The van der Waals surface area contributed by atoms with Gasteiger partial charge in [0.1, 0.15) is 17.2 Å². The third-order valence-electron chi connectivity index (χ3n) is 2.55. The lowest BCUT2D eigenvalue weighted by Crippen LogP contribution is -1.93. The molecule has 88 valence electrons. The zero-order chi connectivity index (χ0) is 12.3. The second-order valence-corrected chi connectivity index (χ2v) is 3.78. The highest BCUT2D eigenvalue weighted by Gasteiger charge is 2.08. The Labute approximate surface area is 101 Å². The Morgan fingerprint density at radius 2 is 2.12 bits per heavy atom. The minimum atomic E-state index is 0.194. The maximum Gasteiger partial charge on any atom is 0.141 e. The summed E-state index contributed by atoms with van der Waals surface area (Å²) in [6.45, 7) is 4.58. The normalized spacial score (nSPS) is 10.2. The molecule has 0 atom stereocenters. The maximum absolute atomic E-state index is 9.77. The van der Waals surface area contributed by atoms with Gasteiger partial charge in [-0.2, -0.15) is 0 Å². The molecule has 1 aromatic heterocycles. The van der Waals surface area contributed by atoms with E-state index in [4.69, 9.17) is 4.74 Å². The van der Waals surface area contributed by atoms with E-state index in [0.717, 1.165) is 16.9 Å². The average molecular weight is 229 g/mol. The van der Waals surface area contributed by atoms with Crippen LogP contribution in [-0.2, 0) is 0 Å². The van der Waals surface area contributed by atoms with E-state index >= 15 is 0 Å². The number of nitrogens with zero attached hydrogens (tertiary/aromatic N) is 1. The first-order valence-corrected chi connectivity index (χ1v) is 5.60. The van der Waals surface area contributed by atoms with E-state index in [1.54, 1.807) is 18.3 Å². The molecule has 0 aliphatic rings. The fourth-order valence-electron chi connectivity index (χ4n) is 1.76. The van der Waals surface area contributed by atoms with Crippen LogP contribution in [0.5, 0.6) is 11.5 Å². The van der Waals surface area contributed by atoms with Crippen LogP contribution in [-0.4, -0.2) is 16.7 Å². The van der Waals surface area contributed by atoms with Gasteiger partial charge < -0.3 is 9.84 Å². The first kappa shape index (κ1) is 11.5. The minimum absolute atomic E-state index is 0.194. The van der Waals surface area contributed by atoms with Crippen LogP contribution < -0.4 is 4.74 Å². The lowest BCUT2D eigenvalue weighted by molar-refractivity contribution is 0.340. The van der Waals surface area contributed by atoms with Crippen LogP contribution in [0.15, 0.2) is 36.5 Å². The number of benzene rings is 1. The first-order chi connectivity index (χ1) is 8.22. The lowest BCUT2D eigenvalue weighted by atomic mass is 10.0. The molecule has 0 aliphatic heterocycles. The quantitative estimate of drug-likeness (QED) is 0.879. The Kier molecular flexibility index (Phi) is 3.28. The Morgan fingerprint density at radius 1 is 1.29 bits per heavy atom. The molecule has 0 bridgehead atoms. The molecule has 0 saturated carbocycles. The highest BCUT2D eigenvalue weighted by molar-refractivity contribution is 5.69. The van der Waals surface area contributed by atoms with Crippen molar-refractivity contribution in [2.24, 2.45) is 0 Å². The van der Waals surface area contributed by atoms with Crippen molar-refractivity contribution >= 4 is 0 Å². The van der Waals surface area contributed by atoms with Gasteiger partial charge in [0.25, 0.3) is 0 Å². The summed E-state index contributed by atoms with van der Waals surface area (Å²) in [4.78, 5) is 4.19. The molecule has 3 heteroatoms. The van der Waals surface area contributed by atoms with Crippen molar-refractivity contribution in [3.8, 4) is 22.8 Å². The SMILES string of the molecule is CCOc1ccc(-c2ncccc2O)c(C)c1. The Bertz CT molecular complexity index is 523. The zero-order valence-corrected chi connectivity index (χ0v) is 9.97. The van der Waals surface area contributed by atoms with Crippen molar-refractivity contribution in [2.75, 3.05) is 6.61 Å². The van der Waals surface area contributed by atoms with E-state index in [0.29, 0.717) is 12.3 Å². The number of hydrogen-bond donors (Lipinski definition) is 1. The third-order valence-corrected chi connectivity index (χ3v) is 2.55.